The lowest BCUT2D eigenvalue weighted by Gasteiger charge is -2.00. The van der Waals surface area contributed by atoms with Crippen LogP contribution in [0.4, 0.5) is 0 Å². The summed E-state index contributed by atoms with van der Waals surface area (Å²) >= 11 is 0. The Kier molecular flexibility index (Phi) is 4.58. The fraction of sp³-hybridized carbons (Fsp3) is 0.125. The first-order valence-electron chi connectivity index (χ1n) is 3.54. The predicted molar refractivity (Wildman–Crippen MR) is 53.8 cm³/mol. The molecule has 0 bridgehead atoms. The molecular formula is C8H10ClN3O2. The first-order chi connectivity index (χ1) is 6.15. The van der Waals surface area contributed by atoms with E-state index in [9.17, 15) is 4.79 Å². The quantitative estimate of drug-likeness (QED) is 0.429. The molecule has 0 saturated carbocycles. The number of nitrogens with zero attached hydrogens (tertiary/aromatic N) is 1. The third-order valence-electron chi connectivity index (χ3n) is 1.46. The van der Waals surface area contributed by atoms with Crippen molar-refractivity contribution in [2.45, 2.75) is 0 Å². The van der Waals surface area contributed by atoms with E-state index in [1.807, 2.05) is 0 Å². The van der Waals surface area contributed by atoms with Crippen LogP contribution >= 0.6 is 12.4 Å². The van der Waals surface area contributed by atoms with Crippen LogP contribution in [0, 0.1) is 5.41 Å². The largest absolute Gasteiger partial charge is 0.465 e. The van der Waals surface area contributed by atoms with Crippen LogP contribution in [0.1, 0.15) is 16.1 Å². The maximum atomic E-state index is 11.0. The number of methoxy groups -OCH3 is 1. The highest BCUT2D eigenvalue weighted by Crippen LogP contribution is 2.02. The SMILES string of the molecule is COC(=O)c1ccnc(C(=N)N)c1.Cl. The summed E-state index contributed by atoms with van der Waals surface area (Å²) in [6.07, 6.45) is 1.41. The van der Waals surface area contributed by atoms with Gasteiger partial charge in [0.2, 0.25) is 0 Å². The molecule has 76 valence electrons. The van der Waals surface area contributed by atoms with Gasteiger partial charge in [0, 0.05) is 6.20 Å². The van der Waals surface area contributed by atoms with Crippen LogP contribution < -0.4 is 5.73 Å². The molecule has 0 aliphatic carbocycles. The van der Waals surface area contributed by atoms with Gasteiger partial charge in [-0.3, -0.25) is 10.4 Å². The molecule has 1 aromatic rings. The number of nitrogens with two attached hydrogens (primary N) is 1. The molecule has 14 heavy (non-hydrogen) atoms. The number of halogens is 1. The molecule has 1 aromatic heterocycles. The molecule has 0 spiro atoms. The number of rotatable bonds is 2. The number of hydrogen-bond donors (Lipinski definition) is 2. The van der Waals surface area contributed by atoms with Crippen molar-refractivity contribution in [1.29, 1.82) is 5.41 Å². The third-order valence-corrected chi connectivity index (χ3v) is 1.46. The van der Waals surface area contributed by atoms with Gasteiger partial charge in [-0.05, 0) is 12.1 Å². The monoisotopic (exact) mass is 215 g/mol. The lowest BCUT2D eigenvalue weighted by atomic mass is 10.2. The lowest BCUT2D eigenvalue weighted by molar-refractivity contribution is 0.0600. The first-order valence-corrected chi connectivity index (χ1v) is 3.54. The minimum absolute atomic E-state index is 0. The Morgan fingerprint density at radius 3 is 2.79 bits per heavy atom. The molecule has 0 amide bonds. The molecule has 1 rings (SSSR count). The summed E-state index contributed by atoms with van der Waals surface area (Å²) in [7, 11) is 1.29. The van der Waals surface area contributed by atoms with Gasteiger partial charge in [-0.2, -0.15) is 0 Å². The molecule has 5 nitrogen and oxygen atoms in total. The van der Waals surface area contributed by atoms with Crippen LogP contribution in [0.15, 0.2) is 18.3 Å². The molecule has 0 unspecified atom stereocenters. The number of nitrogen functional groups attached to an aromatic ring is 1. The lowest BCUT2D eigenvalue weighted by Crippen LogP contribution is -2.14. The van der Waals surface area contributed by atoms with E-state index < -0.39 is 5.97 Å². The van der Waals surface area contributed by atoms with E-state index in [4.69, 9.17) is 11.1 Å². The number of amidine groups is 1. The summed E-state index contributed by atoms with van der Waals surface area (Å²) in [4.78, 5) is 14.8. The average Bonchev–Trinajstić information content (AvgIpc) is 2.17. The Morgan fingerprint density at radius 2 is 2.29 bits per heavy atom. The Labute approximate surface area is 87.2 Å². The van der Waals surface area contributed by atoms with Crippen LogP contribution in [0.5, 0.6) is 0 Å². The van der Waals surface area contributed by atoms with Gasteiger partial charge in [0.25, 0.3) is 0 Å². The number of nitrogens with one attached hydrogen (secondary N) is 1. The Balaban J connectivity index is 0.00000169. The second-order valence-corrected chi connectivity index (χ2v) is 2.34. The summed E-state index contributed by atoms with van der Waals surface area (Å²) in [5, 5.41) is 7.09. The standard InChI is InChI=1S/C8H9N3O2.ClH/c1-13-8(12)5-2-3-11-6(4-5)7(9)10;/h2-4H,1H3,(H3,9,10);1H. The molecule has 3 N–H and O–H groups in total. The summed E-state index contributed by atoms with van der Waals surface area (Å²) in [6, 6.07) is 2.91. The van der Waals surface area contributed by atoms with Gasteiger partial charge in [0.05, 0.1) is 12.7 Å². The number of carbonyl (C=O) groups excluding carboxylic acids is 1. The van der Waals surface area contributed by atoms with Crippen molar-refractivity contribution in [2.24, 2.45) is 5.73 Å². The van der Waals surface area contributed by atoms with Crippen molar-refractivity contribution in [3.8, 4) is 0 Å². The van der Waals surface area contributed by atoms with Crippen molar-refractivity contribution in [1.82, 2.24) is 4.98 Å². The number of pyridine rings is 1. The fourth-order valence-corrected chi connectivity index (χ4v) is 0.823. The maximum absolute atomic E-state index is 11.0. The minimum atomic E-state index is -0.468. The number of carbonyl (C=O) groups is 1. The molecule has 0 aliphatic rings. The van der Waals surface area contributed by atoms with Crippen LogP contribution in [0.3, 0.4) is 0 Å². The smallest absolute Gasteiger partial charge is 0.337 e. The predicted octanol–water partition coefficient (Wildman–Crippen LogP) is 0.574. The van der Waals surface area contributed by atoms with Gasteiger partial charge in [0.1, 0.15) is 11.5 Å². The molecule has 0 aliphatic heterocycles. The molecule has 0 fully saturated rings. The van der Waals surface area contributed by atoms with E-state index in [2.05, 4.69) is 9.72 Å². The zero-order valence-electron chi connectivity index (χ0n) is 7.48. The number of esters is 1. The molecule has 1 heterocycles. The third kappa shape index (κ3) is 2.70. The van der Waals surface area contributed by atoms with E-state index in [1.165, 1.54) is 25.4 Å². The van der Waals surface area contributed by atoms with Crippen LogP contribution in [0.2, 0.25) is 0 Å². The molecule has 0 atom stereocenters. The summed E-state index contributed by atoms with van der Waals surface area (Å²) < 4.78 is 4.49. The highest BCUT2D eigenvalue weighted by molar-refractivity contribution is 5.96. The molecule has 0 saturated heterocycles. The van der Waals surface area contributed by atoms with Gasteiger partial charge in [-0.25, -0.2) is 4.79 Å². The van der Waals surface area contributed by atoms with Gasteiger partial charge < -0.3 is 10.5 Å². The van der Waals surface area contributed by atoms with Crippen LogP contribution in [0.25, 0.3) is 0 Å². The van der Waals surface area contributed by atoms with E-state index in [1.54, 1.807) is 0 Å². The molecular weight excluding hydrogens is 206 g/mol. The van der Waals surface area contributed by atoms with E-state index in [0.717, 1.165) is 0 Å². The van der Waals surface area contributed by atoms with Crippen molar-refractivity contribution in [3.63, 3.8) is 0 Å². The normalized spacial score (nSPS) is 8.64. The molecule has 0 aromatic carbocycles. The van der Waals surface area contributed by atoms with Crippen molar-refractivity contribution >= 4 is 24.2 Å². The number of aromatic nitrogens is 1. The summed E-state index contributed by atoms with van der Waals surface area (Å²) in [6.45, 7) is 0. The van der Waals surface area contributed by atoms with Gasteiger partial charge in [-0.15, -0.1) is 12.4 Å². The fourth-order valence-electron chi connectivity index (χ4n) is 0.823. The Hall–Kier alpha value is -1.62. The zero-order valence-corrected chi connectivity index (χ0v) is 8.30. The maximum Gasteiger partial charge on any atom is 0.337 e. The van der Waals surface area contributed by atoms with Crippen molar-refractivity contribution in [3.05, 3.63) is 29.6 Å². The Bertz CT molecular complexity index is 354. The van der Waals surface area contributed by atoms with E-state index in [0.29, 0.717) is 5.56 Å². The number of ether oxygens (including phenoxy) is 1. The Morgan fingerprint density at radius 1 is 1.64 bits per heavy atom. The van der Waals surface area contributed by atoms with E-state index in [-0.39, 0.29) is 23.9 Å². The molecule has 6 heteroatoms. The average molecular weight is 216 g/mol. The van der Waals surface area contributed by atoms with Gasteiger partial charge >= 0.3 is 5.97 Å². The van der Waals surface area contributed by atoms with E-state index >= 15 is 0 Å². The van der Waals surface area contributed by atoms with Gasteiger partial charge in [-0.1, -0.05) is 0 Å². The summed E-state index contributed by atoms with van der Waals surface area (Å²) in [5.74, 6) is -0.643. The minimum Gasteiger partial charge on any atom is -0.465 e. The van der Waals surface area contributed by atoms with Crippen LogP contribution in [-0.2, 0) is 4.74 Å². The van der Waals surface area contributed by atoms with Crippen molar-refractivity contribution < 1.29 is 9.53 Å². The van der Waals surface area contributed by atoms with Crippen LogP contribution in [-0.4, -0.2) is 23.9 Å². The summed E-state index contributed by atoms with van der Waals surface area (Å²) in [5.41, 5.74) is 5.80. The first kappa shape index (κ1) is 12.4. The second kappa shape index (κ2) is 5.18. The highest BCUT2D eigenvalue weighted by Gasteiger charge is 2.07. The number of hydrogen-bond acceptors (Lipinski definition) is 4. The zero-order chi connectivity index (χ0) is 9.84. The van der Waals surface area contributed by atoms with Gasteiger partial charge in [0.15, 0.2) is 0 Å². The molecule has 0 radical (unpaired) electrons. The topological polar surface area (TPSA) is 89.1 Å². The highest BCUT2D eigenvalue weighted by atomic mass is 35.5. The van der Waals surface area contributed by atoms with Crippen molar-refractivity contribution in [2.75, 3.05) is 7.11 Å². The second-order valence-electron chi connectivity index (χ2n) is 2.34.